The number of pyridine rings is 1. The van der Waals surface area contributed by atoms with E-state index in [1.165, 1.54) is 25.4 Å². The van der Waals surface area contributed by atoms with Gasteiger partial charge in [0.25, 0.3) is 0 Å². The van der Waals surface area contributed by atoms with E-state index in [9.17, 15) is 22.4 Å². The Morgan fingerprint density at radius 3 is 2.40 bits per heavy atom. The van der Waals surface area contributed by atoms with Gasteiger partial charge in [0, 0.05) is 29.4 Å². The van der Waals surface area contributed by atoms with Gasteiger partial charge < -0.3 is 0 Å². The fourth-order valence-electron chi connectivity index (χ4n) is 2.26. The molecule has 1 atom stereocenters. The van der Waals surface area contributed by atoms with Crippen LogP contribution in [-0.2, 0) is 0 Å². The van der Waals surface area contributed by atoms with Crippen LogP contribution in [0.15, 0.2) is 47.6 Å². The number of hydrogen-bond donors (Lipinski definition) is 0. The highest BCUT2D eigenvalue weighted by Crippen LogP contribution is 2.42. The van der Waals surface area contributed by atoms with Gasteiger partial charge in [0.05, 0.1) is 0 Å². The van der Waals surface area contributed by atoms with E-state index in [1.54, 1.807) is 6.92 Å². The molecule has 1 aromatic carbocycles. The second kappa shape index (κ2) is 7.97. The maximum atomic E-state index is 13.6. The summed E-state index contributed by atoms with van der Waals surface area (Å²) in [6.07, 6.45) is -1.78. The molecule has 0 aliphatic carbocycles. The summed E-state index contributed by atoms with van der Waals surface area (Å²) in [5, 5.41) is 0. The smallest absolute Gasteiger partial charge is 0.294 e. The molecule has 1 heterocycles. The average Bonchev–Trinajstić information content (AvgIpc) is 2.55. The highest BCUT2D eigenvalue weighted by molar-refractivity contribution is 7.97. The van der Waals surface area contributed by atoms with Crippen molar-refractivity contribution in [2.24, 2.45) is 0 Å². The number of carbonyl (C=O) groups is 1. The molecule has 0 saturated carbocycles. The first-order valence-corrected chi connectivity index (χ1v) is 8.22. The van der Waals surface area contributed by atoms with Crippen LogP contribution in [0.4, 0.5) is 17.6 Å². The average molecular weight is 372 g/mol. The monoisotopic (exact) mass is 372 g/mol. The first-order chi connectivity index (χ1) is 11.7. The number of hydrogen-bond acceptors (Lipinski definition) is 4. The second-order valence-electron chi connectivity index (χ2n) is 5.29. The number of benzene rings is 1. The zero-order valence-electron chi connectivity index (χ0n) is 13.5. The lowest BCUT2D eigenvalue weighted by molar-refractivity contribution is -0.172. The summed E-state index contributed by atoms with van der Waals surface area (Å²) < 4.78 is 55.1. The Bertz CT molecular complexity index is 734. The lowest BCUT2D eigenvalue weighted by atomic mass is 10.1. The summed E-state index contributed by atoms with van der Waals surface area (Å²) in [7, 11) is 0. The van der Waals surface area contributed by atoms with Crippen LogP contribution < -0.4 is 0 Å². The van der Waals surface area contributed by atoms with Crippen molar-refractivity contribution in [3.63, 3.8) is 0 Å². The first-order valence-electron chi connectivity index (χ1n) is 7.45. The SMILES string of the molecule is CCN(Sc1cncc(C(C)=O)c1)C(c1ccc(F)cc1)C(F)(F)F. The van der Waals surface area contributed by atoms with Crippen LogP contribution in [0, 0.1) is 5.82 Å². The van der Waals surface area contributed by atoms with E-state index in [0.717, 1.165) is 40.5 Å². The van der Waals surface area contributed by atoms with Crippen LogP contribution in [-0.4, -0.2) is 27.8 Å². The molecule has 0 aliphatic heterocycles. The lowest BCUT2D eigenvalue weighted by Gasteiger charge is -2.31. The molecule has 0 amide bonds. The molecule has 0 saturated heterocycles. The van der Waals surface area contributed by atoms with Gasteiger partial charge in [0.2, 0.25) is 0 Å². The maximum Gasteiger partial charge on any atom is 0.408 e. The van der Waals surface area contributed by atoms with E-state index in [1.807, 2.05) is 0 Å². The third-order valence-electron chi connectivity index (χ3n) is 3.44. The number of halogens is 4. The molecule has 25 heavy (non-hydrogen) atoms. The number of rotatable bonds is 6. The fourth-order valence-corrected chi connectivity index (χ4v) is 3.29. The zero-order valence-corrected chi connectivity index (χ0v) is 14.4. The number of ketones is 1. The van der Waals surface area contributed by atoms with Crippen LogP contribution in [0.3, 0.4) is 0 Å². The van der Waals surface area contributed by atoms with Crippen LogP contribution in [0.5, 0.6) is 0 Å². The van der Waals surface area contributed by atoms with Crippen LogP contribution in [0.2, 0.25) is 0 Å². The molecule has 2 rings (SSSR count). The molecule has 2 aromatic rings. The Morgan fingerprint density at radius 1 is 1.24 bits per heavy atom. The van der Waals surface area contributed by atoms with Gasteiger partial charge in [-0.1, -0.05) is 19.1 Å². The molecule has 1 aromatic heterocycles. The lowest BCUT2D eigenvalue weighted by Crippen LogP contribution is -2.34. The number of carbonyl (C=O) groups excluding carboxylic acids is 1. The Kier molecular flexibility index (Phi) is 6.18. The van der Waals surface area contributed by atoms with Crippen molar-refractivity contribution in [1.82, 2.24) is 9.29 Å². The summed E-state index contributed by atoms with van der Waals surface area (Å²) in [4.78, 5) is 15.7. The van der Waals surface area contributed by atoms with Crippen LogP contribution >= 0.6 is 11.9 Å². The summed E-state index contributed by atoms with van der Waals surface area (Å²) in [6, 6.07) is 3.85. The van der Waals surface area contributed by atoms with Gasteiger partial charge in [0.1, 0.15) is 11.9 Å². The number of Topliss-reactive ketones (excluding diaryl/α,β-unsaturated/α-hetero) is 1. The van der Waals surface area contributed by atoms with Gasteiger partial charge in [-0.25, -0.2) is 8.70 Å². The van der Waals surface area contributed by atoms with E-state index >= 15 is 0 Å². The van der Waals surface area contributed by atoms with Gasteiger partial charge in [-0.05, 0) is 42.6 Å². The van der Waals surface area contributed by atoms with Crippen molar-refractivity contribution in [2.75, 3.05) is 6.54 Å². The number of aromatic nitrogens is 1. The third kappa shape index (κ3) is 5.02. The zero-order chi connectivity index (χ0) is 18.6. The maximum absolute atomic E-state index is 13.6. The quantitative estimate of drug-likeness (QED) is 0.403. The topological polar surface area (TPSA) is 33.2 Å². The van der Waals surface area contributed by atoms with E-state index in [0.29, 0.717) is 10.5 Å². The fraction of sp³-hybridized carbons (Fsp3) is 0.294. The molecule has 0 N–H and O–H groups in total. The second-order valence-corrected chi connectivity index (χ2v) is 6.41. The van der Waals surface area contributed by atoms with Crippen molar-refractivity contribution < 1.29 is 22.4 Å². The predicted octanol–water partition coefficient (Wildman–Crippen LogP) is 5.06. The Hall–Kier alpha value is -1.93. The molecule has 8 heteroatoms. The minimum absolute atomic E-state index is 0.0565. The van der Waals surface area contributed by atoms with Gasteiger partial charge >= 0.3 is 6.18 Å². The Labute approximate surface area is 147 Å². The molecular formula is C17H16F4N2OS. The third-order valence-corrected chi connectivity index (χ3v) is 4.58. The highest BCUT2D eigenvalue weighted by Gasteiger charge is 2.44. The minimum atomic E-state index is -4.55. The van der Waals surface area contributed by atoms with Gasteiger partial charge in [-0.3, -0.25) is 9.78 Å². The molecule has 3 nitrogen and oxygen atoms in total. The first kappa shape index (κ1) is 19.4. The Balaban J connectivity index is 2.35. The predicted molar refractivity (Wildman–Crippen MR) is 87.7 cm³/mol. The normalized spacial score (nSPS) is 13.1. The minimum Gasteiger partial charge on any atom is -0.294 e. The van der Waals surface area contributed by atoms with E-state index < -0.39 is 18.0 Å². The standard InChI is InChI=1S/C17H16F4N2OS/c1-3-23(25-15-8-13(11(2)24)9-22-10-15)16(17(19,20)21)12-4-6-14(18)7-5-12/h4-10,16H,3H2,1-2H3. The Morgan fingerprint density at radius 2 is 1.88 bits per heavy atom. The van der Waals surface area contributed by atoms with Gasteiger partial charge in [-0.15, -0.1) is 0 Å². The van der Waals surface area contributed by atoms with E-state index in [4.69, 9.17) is 0 Å². The van der Waals surface area contributed by atoms with Crippen molar-refractivity contribution >= 4 is 17.7 Å². The molecule has 0 spiro atoms. The van der Waals surface area contributed by atoms with Crippen LogP contribution in [0.25, 0.3) is 0 Å². The molecule has 0 radical (unpaired) electrons. The summed E-state index contributed by atoms with van der Waals surface area (Å²) in [5.74, 6) is -0.817. The van der Waals surface area contributed by atoms with Crippen molar-refractivity contribution in [3.05, 3.63) is 59.7 Å². The molecule has 0 fully saturated rings. The van der Waals surface area contributed by atoms with E-state index in [2.05, 4.69) is 4.98 Å². The molecule has 0 aliphatic rings. The number of nitrogens with zero attached hydrogens (tertiary/aromatic N) is 2. The summed E-state index contributed by atoms with van der Waals surface area (Å²) in [6.45, 7) is 3.04. The van der Waals surface area contributed by atoms with E-state index in [-0.39, 0.29) is 17.9 Å². The molecule has 1 unspecified atom stereocenters. The van der Waals surface area contributed by atoms with Gasteiger partial charge in [0.15, 0.2) is 5.78 Å². The summed E-state index contributed by atoms with van der Waals surface area (Å²) in [5.41, 5.74) is 0.269. The summed E-state index contributed by atoms with van der Waals surface area (Å²) >= 11 is 0.859. The number of alkyl halides is 3. The largest absolute Gasteiger partial charge is 0.408 e. The van der Waals surface area contributed by atoms with Crippen molar-refractivity contribution in [1.29, 1.82) is 0 Å². The molecule has 134 valence electrons. The van der Waals surface area contributed by atoms with Crippen molar-refractivity contribution in [3.8, 4) is 0 Å². The molecular weight excluding hydrogens is 356 g/mol. The van der Waals surface area contributed by atoms with Gasteiger partial charge in [-0.2, -0.15) is 13.2 Å². The molecule has 0 bridgehead atoms. The highest BCUT2D eigenvalue weighted by atomic mass is 32.2. The van der Waals surface area contributed by atoms with Crippen molar-refractivity contribution in [2.45, 2.75) is 31.0 Å². The van der Waals surface area contributed by atoms with Crippen LogP contribution in [0.1, 0.15) is 35.8 Å².